The quantitative estimate of drug-likeness (QED) is 0.942. The van der Waals surface area contributed by atoms with Crippen molar-refractivity contribution < 1.29 is 23.8 Å². The van der Waals surface area contributed by atoms with E-state index >= 15 is 0 Å². The van der Waals surface area contributed by atoms with Crippen molar-refractivity contribution in [2.24, 2.45) is 0 Å². The fourth-order valence-electron chi connectivity index (χ4n) is 2.17. The highest BCUT2D eigenvalue weighted by atomic mass is 35.5. The van der Waals surface area contributed by atoms with E-state index in [9.17, 15) is 9.59 Å². The maximum atomic E-state index is 12.1. The van der Waals surface area contributed by atoms with Crippen LogP contribution in [0.15, 0.2) is 34.9 Å². The Kier molecular flexibility index (Phi) is 3.31. The maximum absolute atomic E-state index is 12.1. The molecule has 2 heterocycles. The highest BCUT2D eigenvalue weighted by Crippen LogP contribution is 2.35. The Morgan fingerprint density at radius 2 is 2.19 bits per heavy atom. The number of carbonyl (C=O) groups excluding carboxylic acids is 1. The Morgan fingerprint density at radius 1 is 1.38 bits per heavy atom. The molecule has 0 aliphatic carbocycles. The smallest absolute Gasteiger partial charge is 0.372 e. The van der Waals surface area contributed by atoms with Gasteiger partial charge in [-0.05, 0) is 24.3 Å². The summed E-state index contributed by atoms with van der Waals surface area (Å²) < 4.78 is 10.2. The number of furan rings is 1. The minimum Gasteiger partial charge on any atom is -0.482 e. The van der Waals surface area contributed by atoms with E-state index in [2.05, 4.69) is 0 Å². The number of hydrogen-bond acceptors (Lipinski definition) is 4. The molecule has 3 rings (SSSR count). The van der Waals surface area contributed by atoms with E-state index < -0.39 is 5.97 Å². The molecule has 0 atom stereocenters. The molecule has 1 amide bonds. The summed E-state index contributed by atoms with van der Waals surface area (Å²) in [5, 5.41) is 9.51. The minimum atomic E-state index is -1.18. The molecule has 1 aliphatic rings. The van der Waals surface area contributed by atoms with Crippen molar-refractivity contribution in [2.45, 2.75) is 6.54 Å². The van der Waals surface area contributed by atoms with Gasteiger partial charge in [0.2, 0.25) is 5.76 Å². The summed E-state index contributed by atoms with van der Waals surface area (Å²) >= 11 is 5.95. The second-order valence-corrected chi connectivity index (χ2v) is 4.90. The molecule has 6 nitrogen and oxygen atoms in total. The van der Waals surface area contributed by atoms with Crippen LogP contribution in [0.2, 0.25) is 5.02 Å². The molecule has 0 saturated carbocycles. The first-order valence-corrected chi connectivity index (χ1v) is 6.46. The van der Waals surface area contributed by atoms with Crippen LogP contribution in [0.1, 0.15) is 16.1 Å². The molecule has 7 heteroatoms. The van der Waals surface area contributed by atoms with E-state index in [1.807, 2.05) is 0 Å². The van der Waals surface area contributed by atoms with Gasteiger partial charge in [0.05, 0.1) is 18.5 Å². The molecule has 1 aromatic heterocycles. The van der Waals surface area contributed by atoms with Gasteiger partial charge in [-0.15, -0.1) is 0 Å². The van der Waals surface area contributed by atoms with E-state index in [-0.39, 0.29) is 24.8 Å². The standard InChI is InChI=1S/C14H10ClNO5/c15-9-1-2-11-10(5-9)16(12(17)7-21-11)6-8-3-4-20-13(8)14(18)19/h1-5H,6-7H2,(H,18,19). The molecule has 0 saturated heterocycles. The van der Waals surface area contributed by atoms with Crippen LogP contribution in [-0.2, 0) is 11.3 Å². The highest BCUT2D eigenvalue weighted by molar-refractivity contribution is 6.31. The summed E-state index contributed by atoms with van der Waals surface area (Å²) in [5.74, 6) is -1.11. The number of carbonyl (C=O) groups is 2. The number of ether oxygens (including phenoxy) is 1. The molecule has 0 radical (unpaired) electrons. The van der Waals surface area contributed by atoms with E-state index in [1.165, 1.54) is 17.2 Å². The molecule has 21 heavy (non-hydrogen) atoms. The van der Waals surface area contributed by atoms with Crippen LogP contribution in [0.3, 0.4) is 0 Å². The van der Waals surface area contributed by atoms with Gasteiger partial charge >= 0.3 is 5.97 Å². The van der Waals surface area contributed by atoms with Crippen LogP contribution in [0, 0.1) is 0 Å². The Hall–Kier alpha value is -2.47. The lowest BCUT2D eigenvalue weighted by molar-refractivity contribution is -0.121. The van der Waals surface area contributed by atoms with Gasteiger partial charge in [-0.1, -0.05) is 11.6 Å². The van der Waals surface area contributed by atoms with Crippen LogP contribution in [-0.4, -0.2) is 23.6 Å². The maximum Gasteiger partial charge on any atom is 0.372 e. The van der Waals surface area contributed by atoms with Gasteiger partial charge < -0.3 is 19.2 Å². The van der Waals surface area contributed by atoms with Crippen LogP contribution < -0.4 is 9.64 Å². The van der Waals surface area contributed by atoms with E-state index in [4.69, 9.17) is 25.9 Å². The predicted molar refractivity (Wildman–Crippen MR) is 73.8 cm³/mol. The zero-order valence-electron chi connectivity index (χ0n) is 10.7. The number of rotatable bonds is 3. The second kappa shape index (κ2) is 5.14. The van der Waals surface area contributed by atoms with E-state index in [1.54, 1.807) is 18.2 Å². The summed E-state index contributed by atoms with van der Waals surface area (Å²) in [6.45, 7) is -0.0252. The fourth-order valence-corrected chi connectivity index (χ4v) is 2.33. The second-order valence-electron chi connectivity index (χ2n) is 4.46. The number of anilines is 1. The summed E-state index contributed by atoms with van der Waals surface area (Å²) in [6.07, 6.45) is 1.28. The Morgan fingerprint density at radius 3 is 2.95 bits per heavy atom. The summed E-state index contributed by atoms with van der Waals surface area (Å²) in [6, 6.07) is 6.46. The van der Waals surface area contributed by atoms with Crippen molar-refractivity contribution in [1.29, 1.82) is 0 Å². The molecule has 0 fully saturated rings. The molecular formula is C14H10ClNO5. The normalized spacial score (nSPS) is 13.8. The lowest BCUT2D eigenvalue weighted by atomic mass is 10.1. The number of halogens is 1. The van der Waals surface area contributed by atoms with Crippen molar-refractivity contribution >= 4 is 29.2 Å². The van der Waals surface area contributed by atoms with Gasteiger partial charge in [-0.25, -0.2) is 4.79 Å². The summed E-state index contributed by atoms with van der Waals surface area (Å²) in [4.78, 5) is 24.6. The number of fused-ring (bicyclic) bond motifs is 1. The molecule has 1 aromatic carbocycles. The SMILES string of the molecule is O=C(O)c1occc1CN1C(=O)COc2ccc(Cl)cc21. The lowest BCUT2D eigenvalue weighted by Crippen LogP contribution is -2.38. The first-order valence-electron chi connectivity index (χ1n) is 6.08. The largest absolute Gasteiger partial charge is 0.482 e. The molecule has 1 aliphatic heterocycles. The number of amides is 1. The fraction of sp³-hybridized carbons (Fsp3) is 0.143. The van der Waals surface area contributed by atoms with E-state index in [0.717, 1.165) is 0 Å². The number of hydrogen-bond donors (Lipinski definition) is 1. The van der Waals surface area contributed by atoms with Gasteiger partial charge in [0.25, 0.3) is 5.91 Å². The first kappa shape index (κ1) is 13.5. The van der Waals surface area contributed by atoms with E-state index in [0.29, 0.717) is 22.0 Å². The number of carboxylic acid groups (broad SMARTS) is 1. The molecular weight excluding hydrogens is 298 g/mol. The van der Waals surface area contributed by atoms with Crippen LogP contribution >= 0.6 is 11.6 Å². The Balaban J connectivity index is 1.98. The van der Waals surface area contributed by atoms with Gasteiger partial charge in [-0.3, -0.25) is 4.79 Å². The minimum absolute atomic E-state index is 0.0771. The number of nitrogens with zero attached hydrogens (tertiary/aromatic N) is 1. The Labute approximate surface area is 124 Å². The van der Waals surface area contributed by atoms with Crippen molar-refractivity contribution in [3.8, 4) is 5.75 Å². The molecule has 0 unspecified atom stereocenters. The topological polar surface area (TPSA) is 80.0 Å². The van der Waals surface area contributed by atoms with Gasteiger partial charge in [0, 0.05) is 10.6 Å². The average Bonchev–Trinajstić information content (AvgIpc) is 2.90. The molecule has 2 aromatic rings. The first-order chi connectivity index (χ1) is 10.1. The number of aromatic carboxylic acids is 1. The molecule has 0 spiro atoms. The van der Waals surface area contributed by atoms with Crippen LogP contribution in [0.5, 0.6) is 5.75 Å². The van der Waals surface area contributed by atoms with Crippen molar-refractivity contribution in [3.05, 3.63) is 46.9 Å². The molecule has 1 N–H and O–H groups in total. The summed E-state index contributed by atoms with van der Waals surface area (Å²) in [7, 11) is 0. The van der Waals surface area contributed by atoms with Gasteiger partial charge in [0.1, 0.15) is 5.75 Å². The lowest BCUT2D eigenvalue weighted by Gasteiger charge is -2.29. The van der Waals surface area contributed by atoms with Gasteiger partial charge in [-0.2, -0.15) is 0 Å². The monoisotopic (exact) mass is 307 g/mol. The highest BCUT2D eigenvalue weighted by Gasteiger charge is 2.28. The average molecular weight is 308 g/mol. The molecule has 108 valence electrons. The zero-order chi connectivity index (χ0) is 15.0. The van der Waals surface area contributed by atoms with Gasteiger partial charge in [0.15, 0.2) is 6.61 Å². The van der Waals surface area contributed by atoms with Crippen LogP contribution in [0.4, 0.5) is 5.69 Å². The Bertz CT molecular complexity index is 724. The van der Waals surface area contributed by atoms with Crippen molar-refractivity contribution in [1.82, 2.24) is 0 Å². The summed E-state index contributed by atoms with van der Waals surface area (Å²) in [5.41, 5.74) is 0.917. The number of benzene rings is 1. The molecule has 0 bridgehead atoms. The third-order valence-electron chi connectivity index (χ3n) is 3.13. The van der Waals surface area contributed by atoms with Crippen molar-refractivity contribution in [2.75, 3.05) is 11.5 Å². The van der Waals surface area contributed by atoms with Crippen LogP contribution in [0.25, 0.3) is 0 Å². The third-order valence-corrected chi connectivity index (χ3v) is 3.37. The predicted octanol–water partition coefficient (Wildman–Crippen LogP) is 2.56. The van der Waals surface area contributed by atoms with Crippen molar-refractivity contribution in [3.63, 3.8) is 0 Å². The number of carboxylic acids is 1. The zero-order valence-corrected chi connectivity index (χ0v) is 11.5. The third kappa shape index (κ3) is 2.45.